The molecule has 1 fully saturated rings. The summed E-state index contributed by atoms with van der Waals surface area (Å²) in [6, 6.07) is 2.08. The van der Waals surface area contributed by atoms with Gasteiger partial charge < -0.3 is 19.0 Å². The van der Waals surface area contributed by atoms with Crippen molar-refractivity contribution in [3.63, 3.8) is 0 Å². The van der Waals surface area contributed by atoms with Gasteiger partial charge in [0, 0.05) is 30.7 Å². The second-order valence-electron chi connectivity index (χ2n) is 7.07. The van der Waals surface area contributed by atoms with Gasteiger partial charge in [-0.25, -0.2) is 14.3 Å². The molecule has 12 heteroatoms. The maximum atomic E-state index is 13.4. The first-order valence-electron chi connectivity index (χ1n) is 8.99. The normalized spacial score (nSPS) is 15.8. The maximum absolute atomic E-state index is 13.4. The summed E-state index contributed by atoms with van der Waals surface area (Å²) in [6.07, 6.45) is -2.91. The summed E-state index contributed by atoms with van der Waals surface area (Å²) >= 11 is 3.08. The number of rotatable bonds is 2. The lowest BCUT2D eigenvalue weighted by Crippen LogP contribution is -2.41. The van der Waals surface area contributed by atoms with Gasteiger partial charge >= 0.3 is 11.9 Å². The highest BCUT2D eigenvalue weighted by Crippen LogP contribution is 2.37. The van der Waals surface area contributed by atoms with E-state index in [-0.39, 0.29) is 46.3 Å². The number of nitrogens with zero attached hydrogens (tertiary/aromatic N) is 4. The molecule has 160 valence electrons. The van der Waals surface area contributed by atoms with Gasteiger partial charge in [0.25, 0.3) is 5.91 Å². The van der Waals surface area contributed by atoms with E-state index in [2.05, 4.69) is 25.3 Å². The van der Waals surface area contributed by atoms with E-state index >= 15 is 0 Å². The number of imidazole rings is 1. The number of carbonyl (C=O) groups is 1. The number of likely N-dealkylation sites (tertiary alicyclic amines) is 1. The van der Waals surface area contributed by atoms with Crippen molar-refractivity contribution in [2.24, 2.45) is 7.05 Å². The molecular formula is C18H16BrF3N4O4. The van der Waals surface area contributed by atoms with Gasteiger partial charge in [0.05, 0.1) is 11.1 Å². The fraction of sp³-hybridized carbons (Fsp3) is 0.389. The third-order valence-electron chi connectivity index (χ3n) is 5.27. The van der Waals surface area contributed by atoms with Crippen molar-refractivity contribution in [1.29, 1.82) is 0 Å². The van der Waals surface area contributed by atoms with Crippen LogP contribution in [-0.2, 0) is 13.2 Å². The monoisotopic (exact) mass is 488 g/mol. The number of benzene rings is 1. The van der Waals surface area contributed by atoms with Gasteiger partial charge in [-0.15, -0.1) is 0 Å². The lowest BCUT2D eigenvalue weighted by molar-refractivity contribution is -0.136. The van der Waals surface area contributed by atoms with Crippen molar-refractivity contribution in [3.8, 4) is 5.88 Å². The molecule has 1 aliphatic heterocycles. The zero-order valence-electron chi connectivity index (χ0n) is 15.6. The Bertz CT molecular complexity index is 1190. The zero-order valence-corrected chi connectivity index (χ0v) is 17.2. The highest BCUT2D eigenvalue weighted by atomic mass is 79.9. The summed E-state index contributed by atoms with van der Waals surface area (Å²) in [6.45, 7) is 0.499. The van der Waals surface area contributed by atoms with Crippen molar-refractivity contribution in [3.05, 3.63) is 44.8 Å². The Balaban J connectivity index is 1.62. The first-order valence-corrected chi connectivity index (χ1v) is 9.78. The van der Waals surface area contributed by atoms with E-state index in [9.17, 15) is 27.9 Å². The molecular weight excluding hydrogens is 473 g/mol. The minimum Gasteiger partial charge on any atom is -0.492 e. The Morgan fingerprint density at radius 3 is 2.53 bits per heavy atom. The third kappa shape index (κ3) is 3.38. The molecule has 0 saturated carbocycles. The van der Waals surface area contributed by atoms with Crippen LogP contribution in [0.4, 0.5) is 13.2 Å². The smallest absolute Gasteiger partial charge is 0.422 e. The number of halogens is 4. The van der Waals surface area contributed by atoms with Gasteiger partial charge in [-0.2, -0.15) is 13.2 Å². The molecule has 0 radical (unpaired) electrons. The molecule has 0 aliphatic carbocycles. The Hall–Kier alpha value is -2.76. The number of carbonyl (C=O) groups excluding carboxylic acids is 1. The predicted octanol–water partition coefficient (Wildman–Crippen LogP) is 3.29. The van der Waals surface area contributed by atoms with Crippen LogP contribution < -0.4 is 5.76 Å². The molecule has 4 rings (SSSR count). The summed E-state index contributed by atoms with van der Waals surface area (Å²) < 4.78 is 47.6. The molecule has 1 aliphatic rings. The summed E-state index contributed by atoms with van der Waals surface area (Å²) in [4.78, 5) is 30.2. The van der Waals surface area contributed by atoms with Crippen LogP contribution in [0.5, 0.6) is 5.88 Å². The fourth-order valence-electron chi connectivity index (χ4n) is 3.78. The molecule has 1 amide bonds. The van der Waals surface area contributed by atoms with Crippen molar-refractivity contribution in [2.75, 3.05) is 13.1 Å². The number of amides is 1. The summed E-state index contributed by atoms with van der Waals surface area (Å²) in [5, 5.41) is 9.75. The average Bonchev–Trinajstić information content (AvgIpc) is 3.19. The molecule has 3 heterocycles. The quantitative estimate of drug-likeness (QED) is 0.597. The topological polar surface area (TPSA) is 93.5 Å². The second-order valence-corrected chi connectivity index (χ2v) is 7.98. The van der Waals surface area contributed by atoms with E-state index in [4.69, 9.17) is 0 Å². The zero-order chi connectivity index (χ0) is 21.8. The number of alkyl halides is 3. The van der Waals surface area contributed by atoms with Crippen LogP contribution in [0.1, 0.15) is 35.1 Å². The van der Waals surface area contributed by atoms with Crippen molar-refractivity contribution in [1.82, 2.24) is 19.0 Å². The van der Waals surface area contributed by atoms with Crippen molar-refractivity contribution in [2.45, 2.75) is 25.1 Å². The Morgan fingerprint density at radius 2 is 1.97 bits per heavy atom. The van der Waals surface area contributed by atoms with Crippen LogP contribution in [0.25, 0.3) is 11.0 Å². The number of hydrogen-bond acceptors (Lipinski definition) is 5. The largest absolute Gasteiger partial charge is 0.492 e. The Kier molecular flexibility index (Phi) is 4.91. The van der Waals surface area contributed by atoms with Crippen LogP contribution in [0.3, 0.4) is 0 Å². The van der Waals surface area contributed by atoms with Gasteiger partial charge in [0.1, 0.15) is 5.52 Å². The molecule has 1 N–H and O–H groups in total. The van der Waals surface area contributed by atoms with Crippen LogP contribution >= 0.6 is 15.9 Å². The number of hydrogen-bond donors (Lipinski definition) is 1. The lowest BCUT2D eigenvalue weighted by Gasteiger charge is -2.31. The molecule has 8 nitrogen and oxygen atoms in total. The summed E-state index contributed by atoms with van der Waals surface area (Å²) in [5.74, 6) is -1.57. The van der Waals surface area contributed by atoms with Crippen LogP contribution in [-0.4, -0.2) is 43.1 Å². The number of aromatic nitrogens is 3. The fourth-order valence-corrected chi connectivity index (χ4v) is 4.22. The van der Waals surface area contributed by atoms with E-state index in [0.29, 0.717) is 12.8 Å². The van der Waals surface area contributed by atoms with E-state index in [1.807, 2.05) is 0 Å². The molecule has 0 atom stereocenters. The molecule has 1 aromatic carbocycles. The number of oxazole rings is 1. The average molecular weight is 489 g/mol. The summed E-state index contributed by atoms with van der Waals surface area (Å²) in [5.41, 5.74) is -1.03. The molecule has 2 aromatic heterocycles. The predicted molar refractivity (Wildman–Crippen MR) is 102 cm³/mol. The van der Waals surface area contributed by atoms with Crippen molar-refractivity contribution >= 4 is 32.9 Å². The first kappa shape index (κ1) is 20.5. The van der Waals surface area contributed by atoms with Gasteiger partial charge in [0.2, 0.25) is 5.88 Å². The third-order valence-corrected chi connectivity index (χ3v) is 5.73. The molecule has 1 saturated heterocycles. The number of piperidine rings is 1. The highest BCUT2D eigenvalue weighted by Gasteiger charge is 2.36. The van der Waals surface area contributed by atoms with E-state index in [0.717, 1.165) is 16.9 Å². The van der Waals surface area contributed by atoms with Gasteiger partial charge in [-0.1, -0.05) is 15.9 Å². The second kappa shape index (κ2) is 7.18. The Labute approximate surface area is 175 Å². The van der Waals surface area contributed by atoms with E-state index in [1.54, 1.807) is 0 Å². The van der Waals surface area contributed by atoms with Gasteiger partial charge in [-0.3, -0.25) is 4.79 Å². The molecule has 0 bridgehead atoms. The SMILES string of the molecule is Cn1c(C(=O)N2CCC(n3c(O)coc3=O)CC2)nc2c(C(F)(F)F)cc(Br)cc21. The van der Waals surface area contributed by atoms with E-state index < -0.39 is 23.4 Å². The van der Waals surface area contributed by atoms with E-state index in [1.165, 1.54) is 22.6 Å². The minimum atomic E-state index is -4.62. The molecule has 3 aromatic rings. The first-order chi connectivity index (χ1) is 14.1. The standard InChI is InChI=1S/C18H16BrF3N4O4/c1-24-12-7-9(19)6-11(18(20,21)22)14(12)23-15(24)16(28)25-4-2-10(3-5-25)26-13(27)8-30-17(26)29/h6-8,10,27H,2-5H2,1H3. The number of aryl methyl sites for hydroxylation is 1. The van der Waals surface area contributed by atoms with Crippen LogP contribution in [0.2, 0.25) is 0 Å². The highest BCUT2D eigenvalue weighted by molar-refractivity contribution is 9.10. The number of fused-ring (bicyclic) bond motifs is 1. The maximum Gasteiger partial charge on any atom is 0.422 e. The Morgan fingerprint density at radius 1 is 1.30 bits per heavy atom. The van der Waals surface area contributed by atoms with Gasteiger partial charge in [-0.05, 0) is 25.0 Å². The number of aromatic hydroxyl groups is 1. The molecule has 0 unspecified atom stereocenters. The van der Waals surface area contributed by atoms with Crippen LogP contribution in [0, 0.1) is 0 Å². The van der Waals surface area contributed by atoms with Crippen molar-refractivity contribution < 1.29 is 27.5 Å². The van der Waals surface area contributed by atoms with Gasteiger partial charge in [0.15, 0.2) is 12.1 Å². The lowest BCUT2D eigenvalue weighted by atomic mass is 10.0. The van der Waals surface area contributed by atoms with Crippen LogP contribution in [0.15, 0.2) is 32.1 Å². The molecule has 0 spiro atoms. The summed E-state index contributed by atoms with van der Waals surface area (Å²) in [7, 11) is 1.49. The molecule has 30 heavy (non-hydrogen) atoms. The minimum absolute atomic E-state index is 0.102.